The molecule has 0 bridgehead atoms. The van der Waals surface area contributed by atoms with E-state index in [9.17, 15) is 4.79 Å². The second-order valence-electron chi connectivity index (χ2n) is 6.76. The van der Waals surface area contributed by atoms with E-state index in [1.807, 2.05) is 32.2 Å². The molecule has 2 atom stereocenters. The Balaban J connectivity index is 0.00000576. The van der Waals surface area contributed by atoms with Crippen LogP contribution in [0, 0.1) is 0 Å². The minimum Gasteiger partial charge on any atom is -0.541 e. The van der Waals surface area contributed by atoms with Crippen molar-refractivity contribution in [3.8, 4) is 0 Å². The average molecular weight is 385 g/mol. The molecular formula is C20H29NNaOPS. The second-order valence-corrected chi connectivity index (χ2v) is 10.9. The quantitative estimate of drug-likeness (QED) is 0.297. The number of nitrogens with zero attached hydrogens (tertiary/aromatic N) is 1. The predicted octanol–water partition coefficient (Wildman–Crippen LogP) is 2.55. The molecule has 0 saturated carbocycles. The topological polar surface area (TPSA) is 20.3 Å². The molecule has 1 rings (SSSR count). The second kappa shape index (κ2) is 12.3. The van der Waals surface area contributed by atoms with Gasteiger partial charge in [-0.1, -0.05) is 39.0 Å². The maximum absolute atomic E-state index is 11.5. The van der Waals surface area contributed by atoms with Crippen molar-refractivity contribution in [1.82, 2.24) is 4.90 Å². The van der Waals surface area contributed by atoms with E-state index in [1.54, 1.807) is 11.3 Å². The standard InChI is InChI=1S/C20H29NOPS.Na/c1-7-8-10-17(12-13-19-11-9-14-24-19)21(5)15-18(16-22)23(6)20(2,3)4;/h7-14,18H,15H2,1-6H3;/q-1;+1/b8-7-,13-12+,17-10-;. The first kappa shape index (κ1) is 24.8. The minimum atomic E-state index is -0.433. The van der Waals surface area contributed by atoms with E-state index < -0.39 is 7.92 Å². The van der Waals surface area contributed by atoms with Gasteiger partial charge < -0.3 is 9.69 Å². The van der Waals surface area contributed by atoms with Crippen LogP contribution in [-0.4, -0.2) is 42.3 Å². The largest absolute Gasteiger partial charge is 1.00 e. The fourth-order valence-corrected chi connectivity index (χ4v) is 4.33. The van der Waals surface area contributed by atoms with Crippen molar-refractivity contribution in [3.63, 3.8) is 0 Å². The molecule has 132 valence electrons. The van der Waals surface area contributed by atoms with Crippen molar-refractivity contribution in [3.05, 3.63) is 52.4 Å². The van der Waals surface area contributed by atoms with Gasteiger partial charge in [-0.15, -0.1) is 24.9 Å². The number of carbonyl (C=O) groups excluding carboxylic acids is 1. The van der Waals surface area contributed by atoms with E-state index in [2.05, 4.69) is 68.3 Å². The maximum Gasteiger partial charge on any atom is 1.00 e. The summed E-state index contributed by atoms with van der Waals surface area (Å²) in [7, 11) is 1.61. The molecule has 0 aromatic carbocycles. The van der Waals surface area contributed by atoms with Crippen LogP contribution in [-0.2, 0) is 4.79 Å². The predicted molar refractivity (Wildman–Crippen MR) is 111 cm³/mol. The van der Waals surface area contributed by atoms with Gasteiger partial charge in [-0.05, 0) is 48.4 Å². The van der Waals surface area contributed by atoms with Crippen LogP contribution in [0.4, 0.5) is 0 Å². The van der Waals surface area contributed by atoms with Crippen molar-refractivity contribution in [1.29, 1.82) is 0 Å². The molecule has 2 unspecified atom stereocenters. The first-order valence-corrected chi connectivity index (χ1v) is 10.9. The summed E-state index contributed by atoms with van der Waals surface area (Å²) in [4.78, 5) is 14.9. The molecule has 0 aliphatic rings. The third-order valence-corrected chi connectivity index (χ3v) is 8.13. The van der Waals surface area contributed by atoms with Crippen LogP contribution in [0.2, 0.25) is 0 Å². The third-order valence-electron chi connectivity index (χ3n) is 3.97. The van der Waals surface area contributed by atoms with Crippen molar-refractivity contribution in [2.24, 2.45) is 0 Å². The molecule has 1 aromatic rings. The van der Waals surface area contributed by atoms with Crippen molar-refractivity contribution >= 4 is 31.6 Å². The monoisotopic (exact) mass is 385 g/mol. The fourth-order valence-electron chi connectivity index (χ4n) is 2.13. The van der Waals surface area contributed by atoms with Gasteiger partial charge in [-0.2, -0.15) is 0 Å². The zero-order valence-corrected chi connectivity index (χ0v) is 20.3. The van der Waals surface area contributed by atoms with E-state index in [0.29, 0.717) is 6.54 Å². The molecule has 0 N–H and O–H groups in total. The molecule has 0 aliphatic carbocycles. The molecule has 0 amide bonds. The smallest absolute Gasteiger partial charge is 0.541 e. The molecule has 1 aromatic heterocycles. The Labute approximate surface area is 181 Å². The average Bonchev–Trinajstić information content (AvgIpc) is 3.04. The van der Waals surface area contributed by atoms with Gasteiger partial charge in [0.2, 0.25) is 0 Å². The molecule has 5 heteroatoms. The maximum atomic E-state index is 11.5. The van der Waals surface area contributed by atoms with Gasteiger partial charge >= 0.3 is 29.6 Å². The third kappa shape index (κ3) is 8.84. The Kier molecular flexibility index (Phi) is 12.2. The minimum absolute atomic E-state index is 0. The van der Waals surface area contributed by atoms with Crippen LogP contribution in [0.3, 0.4) is 0 Å². The molecule has 25 heavy (non-hydrogen) atoms. The van der Waals surface area contributed by atoms with Gasteiger partial charge in [0.15, 0.2) is 0 Å². The van der Waals surface area contributed by atoms with Crippen molar-refractivity contribution in [2.75, 3.05) is 20.3 Å². The Morgan fingerprint density at radius 2 is 2.12 bits per heavy atom. The number of allylic oxidation sites excluding steroid dienone is 4. The van der Waals surface area contributed by atoms with E-state index >= 15 is 0 Å². The Morgan fingerprint density at radius 3 is 2.60 bits per heavy atom. The van der Waals surface area contributed by atoms with Gasteiger partial charge in [0.05, 0.1) is 0 Å². The molecule has 0 spiro atoms. The zero-order chi connectivity index (χ0) is 18.2. The van der Waals surface area contributed by atoms with Gasteiger partial charge in [0.1, 0.15) is 0 Å². The molecule has 0 saturated heterocycles. The Hall–Kier alpha value is -0.180. The van der Waals surface area contributed by atoms with Crippen molar-refractivity contribution < 1.29 is 34.4 Å². The summed E-state index contributed by atoms with van der Waals surface area (Å²) in [5, 5.41) is 2.22. The van der Waals surface area contributed by atoms with E-state index in [4.69, 9.17) is 0 Å². The number of hydrogen-bond donors (Lipinski definition) is 0. The molecule has 0 aliphatic heterocycles. The van der Waals surface area contributed by atoms with Crippen molar-refractivity contribution in [2.45, 2.75) is 38.5 Å². The molecular weight excluding hydrogens is 356 g/mol. The van der Waals surface area contributed by atoms with Crippen LogP contribution >= 0.6 is 19.3 Å². The summed E-state index contributed by atoms with van der Waals surface area (Å²) >= 11 is 1.72. The summed E-state index contributed by atoms with van der Waals surface area (Å²) in [6.45, 7) is 11.5. The molecule has 0 fully saturated rings. The number of rotatable bonds is 8. The number of hydrogen-bond acceptors (Lipinski definition) is 3. The van der Waals surface area contributed by atoms with E-state index in [1.165, 1.54) is 4.88 Å². The first-order valence-electron chi connectivity index (χ1n) is 8.16. The van der Waals surface area contributed by atoms with Gasteiger partial charge in [-0.25, -0.2) is 0 Å². The van der Waals surface area contributed by atoms with Gasteiger partial charge in [0.25, 0.3) is 0 Å². The van der Waals surface area contributed by atoms with E-state index in [0.717, 1.165) is 5.70 Å². The van der Waals surface area contributed by atoms with Gasteiger partial charge in [-0.3, -0.25) is 6.29 Å². The van der Waals surface area contributed by atoms with Crippen LogP contribution in [0.25, 0.3) is 6.08 Å². The Bertz CT molecular complexity index is 587. The van der Waals surface area contributed by atoms with Crippen LogP contribution < -0.4 is 29.6 Å². The number of likely N-dealkylation sites (N-methyl/N-ethyl adjacent to an activating group) is 1. The Morgan fingerprint density at radius 1 is 1.44 bits per heavy atom. The summed E-state index contributed by atoms with van der Waals surface area (Å²) in [5.74, 6) is 0. The zero-order valence-electron chi connectivity index (χ0n) is 16.6. The summed E-state index contributed by atoms with van der Waals surface area (Å²) < 4.78 is 0. The first-order chi connectivity index (χ1) is 11.3. The SMILES string of the molecule is C\C=C/C=C(/C=C/c1cccs1)N(C)CC([C-]=O)P(C)C(C)(C)C.[Na+]. The molecule has 2 nitrogen and oxygen atoms in total. The van der Waals surface area contributed by atoms with Gasteiger partial charge in [0, 0.05) is 24.2 Å². The number of thiophene rings is 1. The van der Waals surface area contributed by atoms with Crippen LogP contribution in [0.15, 0.2) is 47.5 Å². The fraction of sp³-hybridized carbons (Fsp3) is 0.450. The summed E-state index contributed by atoms with van der Waals surface area (Å²) in [6, 6.07) is 4.15. The summed E-state index contributed by atoms with van der Waals surface area (Å²) in [5.41, 5.74) is 1.05. The van der Waals surface area contributed by atoms with Crippen LogP contribution in [0.5, 0.6) is 0 Å². The van der Waals surface area contributed by atoms with Crippen LogP contribution in [0.1, 0.15) is 32.6 Å². The normalized spacial score (nSPS) is 15.2. The molecule has 1 heterocycles. The van der Waals surface area contributed by atoms with E-state index in [-0.39, 0.29) is 40.4 Å². The summed E-state index contributed by atoms with van der Waals surface area (Å²) in [6.07, 6.45) is 12.6. The molecule has 0 radical (unpaired) electrons.